The highest BCUT2D eigenvalue weighted by Crippen LogP contribution is 2.50. The maximum Gasteiger partial charge on any atom is 0.118 e. The zero-order valence-electron chi connectivity index (χ0n) is 17.9. The van der Waals surface area contributed by atoms with E-state index in [2.05, 4.69) is 36.4 Å². The van der Waals surface area contributed by atoms with Gasteiger partial charge in [0.15, 0.2) is 0 Å². The van der Waals surface area contributed by atoms with E-state index in [1.54, 1.807) is 7.11 Å². The summed E-state index contributed by atoms with van der Waals surface area (Å²) in [5, 5.41) is 0. The van der Waals surface area contributed by atoms with Crippen molar-refractivity contribution in [2.75, 3.05) is 13.7 Å². The Hall–Kier alpha value is -1.87. The Labute approximate surface area is 175 Å². The molecule has 1 saturated heterocycles. The van der Waals surface area contributed by atoms with Crippen molar-refractivity contribution in [3.05, 3.63) is 59.9 Å². The van der Waals surface area contributed by atoms with Crippen LogP contribution in [0.1, 0.15) is 75.5 Å². The van der Waals surface area contributed by atoms with Gasteiger partial charge in [-0.3, -0.25) is 4.98 Å². The second-order valence-electron chi connectivity index (χ2n) is 9.07. The van der Waals surface area contributed by atoms with Gasteiger partial charge in [0.2, 0.25) is 0 Å². The fraction of sp³-hybridized carbons (Fsp3) is 0.577. The first-order chi connectivity index (χ1) is 14.2. The molecule has 3 heteroatoms. The normalized spacial score (nSPS) is 23.3. The molecule has 3 nitrogen and oxygen atoms in total. The minimum absolute atomic E-state index is 0.124. The van der Waals surface area contributed by atoms with E-state index in [9.17, 15) is 0 Å². The molecule has 1 aliphatic carbocycles. The Kier molecular flexibility index (Phi) is 6.54. The molecule has 1 saturated carbocycles. The molecule has 1 aromatic carbocycles. The number of ether oxygens (including phenoxy) is 2. The molecule has 4 rings (SSSR count). The third kappa shape index (κ3) is 4.83. The van der Waals surface area contributed by atoms with E-state index in [-0.39, 0.29) is 11.0 Å². The molecule has 0 amide bonds. The van der Waals surface area contributed by atoms with Gasteiger partial charge in [0.1, 0.15) is 5.75 Å². The molecule has 2 fully saturated rings. The summed E-state index contributed by atoms with van der Waals surface area (Å²) in [6.07, 6.45) is 15.5. The van der Waals surface area contributed by atoms with Gasteiger partial charge in [-0.05, 0) is 74.8 Å². The number of nitrogens with zero attached hydrogens (tertiary/aromatic N) is 1. The molecular weight excluding hydrogens is 358 g/mol. The SMILES string of the molecule is COc1ccc(CCCCC[C@@]2(c3ccccn3)CCOC3(CCCC3)C2)cc1. The number of aryl methyl sites for hydroxylation is 1. The Morgan fingerprint density at radius 1 is 0.966 bits per heavy atom. The molecule has 1 aliphatic heterocycles. The molecule has 29 heavy (non-hydrogen) atoms. The molecule has 2 aromatic rings. The lowest BCUT2D eigenvalue weighted by Gasteiger charge is -2.46. The third-order valence-electron chi connectivity index (χ3n) is 7.15. The van der Waals surface area contributed by atoms with Crippen molar-refractivity contribution in [3.63, 3.8) is 0 Å². The van der Waals surface area contributed by atoms with Crippen molar-refractivity contribution in [3.8, 4) is 5.75 Å². The number of benzene rings is 1. The van der Waals surface area contributed by atoms with Crippen molar-refractivity contribution in [2.24, 2.45) is 0 Å². The zero-order chi connectivity index (χ0) is 20.0. The van der Waals surface area contributed by atoms with Crippen LogP contribution in [0.2, 0.25) is 0 Å². The maximum absolute atomic E-state index is 6.37. The van der Waals surface area contributed by atoms with Crippen LogP contribution in [0.25, 0.3) is 0 Å². The van der Waals surface area contributed by atoms with Gasteiger partial charge in [-0.25, -0.2) is 0 Å². The first kappa shape index (κ1) is 20.4. The predicted molar refractivity (Wildman–Crippen MR) is 117 cm³/mol. The average molecular weight is 394 g/mol. The fourth-order valence-electron chi connectivity index (χ4n) is 5.56. The standard InChI is InChI=1S/C26H35NO2/c1-28-23-13-11-22(12-14-23)9-3-2-5-15-25(24-10-4-8-19-27-24)18-20-29-26(21-25)16-6-7-17-26/h4,8,10-14,19H,2-3,5-7,9,15-18,20-21H2,1H3/t25-/m1/s1. The monoisotopic (exact) mass is 393 g/mol. The predicted octanol–water partition coefficient (Wildman–Crippen LogP) is 6.25. The highest BCUT2D eigenvalue weighted by atomic mass is 16.5. The van der Waals surface area contributed by atoms with Gasteiger partial charge >= 0.3 is 0 Å². The highest BCUT2D eigenvalue weighted by molar-refractivity contribution is 5.27. The van der Waals surface area contributed by atoms with Crippen LogP contribution in [0.15, 0.2) is 48.7 Å². The van der Waals surface area contributed by atoms with Gasteiger partial charge in [0.05, 0.1) is 12.7 Å². The number of methoxy groups -OCH3 is 1. The van der Waals surface area contributed by atoms with Gasteiger partial charge in [-0.1, -0.05) is 43.9 Å². The first-order valence-electron chi connectivity index (χ1n) is 11.4. The molecule has 2 heterocycles. The van der Waals surface area contributed by atoms with E-state index < -0.39 is 0 Å². The van der Waals surface area contributed by atoms with Crippen LogP contribution >= 0.6 is 0 Å². The van der Waals surface area contributed by atoms with Gasteiger partial charge < -0.3 is 9.47 Å². The summed E-state index contributed by atoms with van der Waals surface area (Å²) in [6.45, 7) is 0.891. The fourth-order valence-corrected chi connectivity index (χ4v) is 5.56. The van der Waals surface area contributed by atoms with Crippen molar-refractivity contribution in [1.29, 1.82) is 0 Å². The molecule has 0 N–H and O–H groups in total. The van der Waals surface area contributed by atoms with Crippen LogP contribution in [0.3, 0.4) is 0 Å². The van der Waals surface area contributed by atoms with E-state index in [0.717, 1.165) is 31.6 Å². The quantitative estimate of drug-likeness (QED) is 0.496. The van der Waals surface area contributed by atoms with Crippen LogP contribution in [0, 0.1) is 0 Å². The second kappa shape index (κ2) is 9.30. The molecule has 0 bridgehead atoms. The van der Waals surface area contributed by atoms with Crippen molar-refractivity contribution in [1.82, 2.24) is 4.98 Å². The summed E-state index contributed by atoms with van der Waals surface area (Å²) < 4.78 is 11.6. The Bertz CT molecular complexity index is 752. The summed E-state index contributed by atoms with van der Waals surface area (Å²) in [4.78, 5) is 4.82. The molecule has 0 radical (unpaired) electrons. The van der Waals surface area contributed by atoms with E-state index in [1.165, 1.54) is 62.6 Å². The topological polar surface area (TPSA) is 31.4 Å². The number of aromatic nitrogens is 1. The average Bonchev–Trinajstić information content (AvgIpc) is 3.22. The second-order valence-corrected chi connectivity index (χ2v) is 9.07. The zero-order valence-corrected chi connectivity index (χ0v) is 17.9. The van der Waals surface area contributed by atoms with Crippen molar-refractivity contribution < 1.29 is 9.47 Å². The van der Waals surface area contributed by atoms with Gasteiger partial charge in [-0.2, -0.15) is 0 Å². The lowest BCUT2D eigenvalue weighted by molar-refractivity contribution is -0.104. The molecular formula is C26H35NO2. The number of hydrogen-bond acceptors (Lipinski definition) is 3. The van der Waals surface area contributed by atoms with Gasteiger partial charge in [0.25, 0.3) is 0 Å². The summed E-state index contributed by atoms with van der Waals surface area (Å²) in [7, 11) is 1.72. The van der Waals surface area contributed by atoms with Crippen LogP contribution in [0.5, 0.6) is 5.75 Å². The highest BCUT2D eigenvalue weighted by Gasteiger charge is 2.48. The summed E-state index contributed by atoms with van der Waals surface area (Å²) >= 11 is 0. The van der Waals surface area contributed by atoms with E-state index in [0.29, 0.717) is 0 Å². The minimum Gasteiger partial charge on any atom is -0.497 e. The lowest BCUT2D eigenvalue weighted by Crippen LogP contribution is -2.46. The molecule has 2 aliphatic rings. The first-order valence-corrected chi connectivity index (χ1v) is 11.4. The number of hydrogen-bond donors (Lipinski definition) is 0. The number of rotatable bonds is 8. The minimum atomic E-state index is 0.124. The van der Waals surface area contributed by atoms with Gasteiger partial charge in [-0.15, -0.1) is 0 Å². The number of pyridine rings is 1. The molecule has 1 atom stereocenters. The molecule has 156 valence electrons. The Morgan fingerprint density at radius 2 is 1.79 bits per heavy atom. The largest absolute Gasteiger partial charge is 0.497 e. The van der Waals surface area contributed by atoms with Crippen LogP contribution in [-0.4, -0.2) is 24.3 Å². The van der Waals surface area contributed by atoms with Crippen LogP contribution in [-0.2, 0) is 16.6 Å². The van der Waals surface area contributed by atoms with Crippen LogP contribution < -0.4 is 4.74 Å². The van der Waals surface area contributed by atoms with Gasteiger partial charge in [0, 0.05) is 23.9 Å². The summed E-state index contributed by atoms with van der Waals surface area (Å²) in [6, 6.07) is 15.0. The smallest absolute Gasteiger partial charge is 0.118 e. The Morgan fingerprint density at radius 3 is 2.52 bits per heavy atom. The summed E-state index contributed by atoms with van der Waals surface area (Å²) in [5.41, 5.74) is 3.02. The van der Waals surface area contributed by atoms with E-state index >= 15 is 0 Å². The number of unbranched alkanes of at least 4 members (excludes halogenated alkanes) is 2. The summed E-state index contributed by atoms with van der Waals surface area (Å²) in [5.74, 6) is 0.936. The van der Waals surface area contributed by atoms with E-state index in [1.807, 2.05) is 12.3 Å². The van der Waals surface area contributed by atoms with Crippen molar-refractivity contribution >= 4 is 0 Å². The molecule has 1 aromatic heterocycles. The molecule has 0 unspecified atom stereocenters. The molecule has 1 spiro atoms. The Balaban J connectivity index is 1.36. The lowest BCUT2D eigenvalue weighted by atomic mass is 9.67. The maximum atomic E-state index is 6.37. The van der Waals surface area contributed by atoms with E-state index in [4.69, 9.17) is 14.5 Å². The van der Waals surface area contributed by atoms with Crippen LogP contribution in [0.4, 0.5) is 0 Å². The third-order valence-corrected chi connectivity index (χ3v) is 7.15. The van der Waals surface area contributed by atoms with Crippen molar-refractivity contribution in [2.45, 2.75) is 81.6 Å².